The van der Waals surface area contributed by atoms with Crippen molar-refractivity contribution in [2.45, 2.75) is 32.6 Å². The summed E-state index contributed by atoms with van der Waals surface area (Å²) >= 11 is 0. The van der Waals surface area contributed by atoms with E-state index in [4.69, 9.17) is 0 Å². The van der Waals surface area contributed by atoms with E-state index >= 15 is 0 Å². The number of Topliss-reactive ketones (excluding diaryl/α,β-unsaturated/α-hetero) is 1. The Bertz CT molecular complexity index is 557. The molecular formula is C16H20N2O. The minimum atomic E-state index is 0.322. The van der Waals surface area contributed by atoms with E-state index in [1.54, 1.807) is 6.20 Å². The SMILES string of the molecule is Cc1cccc(CCC(=O)CCc2ccnn2C)c1. The number of aromatic nitrogens is 2. The molecule has 3 nitrogen and oxygen atoms in total. The third kappa shape index (κ3) is 4.05. The number of benzene rings is 1. The molecular weight excluding hydrogens is 236 g/mol. The molecule has 0 saturated carbocycles. The van der Waals surface area contributed by atoms with Crippen LogP contribution in [0.25, 0.3) is 0 Å². The number of aryl methyl sites for hydroxylation is 4. The molecule has 0 spiro atoms. The first-order valence-electron chi connectivity index (χ1n) is 6.69. The molecule has 0 bridgehead atoms. The van der Waals surface area contributed by atoms with E-state index in [9.17, 15) is 4.79 Å². The maximum absolute atomic E-state index is 11.9. The Morgan fingerprint density at radius 1 is 1.21 bits per heavy atom. The van der Waals surface area contributed by atoms with Crippen LogP contribution in [0, 0.1) is 6.92 Å². The van der Waals surface area contributed by atoms with Crippen LogP contribution in [-0.2, 0) is 24.7 Å². The molecule has 0 unspecified atom stereocenters. The van der Waals surface area contributed by atoms with Crippen molar-refractivity contribution in [3.8, 4) is 0 Å². The van der Waals surface area contributed by atoms with Crippen molar-refractivity contribution >= 4 is 5.78 Å². The van der Waals surface area contributed by atoms with Crippen molar-refractivity contribution in [1.29, 1.82) is 0 Å². The summed E-state index contributed by atoms with van der Waals surface area (Å²) in [5.74, 6) is 0.322. The molecule has 0 saturated heterocycles. The number of hydrogen-bond acceptors (Lipinski definition) is 2. The first-order valence-corrected chi connectivity index (χ1v) is 6.69. The first kappa shape index (κ1) is 13.5. The van der Waals surface area contributed by atoms with E-state index in [2.05, 4.69) is 30.2 Å². The predicted molar refractivity (Wildman–Crippen MR) is 76.0 cm³/mol. The lowest BCUT2D eigenvalue weighted by atomic mass is 10.0. The highest BCUT2D eigenvalue weighted by molar-refractivity contribution is 5.78. The standard InChI is InChI=1S/C16H20N2O/c1-13-4-3-5-14(12-13)6-8-16(19)9-7-15-10-11-17-18(15)2/h3-5,10-12H,6-9H2,1-2H3. The highest BCUT2D eigenvalue weighted by Crippen LogP contribution is 2.09. The molecule has 3 heteroatoms. The number of hydrogen-bond donors (Lipinski definition) is 0. The lowest BCUT2D eigenvalue weighted by Crippen LogP contribution is -2.05. The smallest absolute Gasteiger partial charge is 0.133 e. The third-order valence-electron chi connectivity index (χ3n) is 3.36. The van der Waals surface area contributed by atoms with Gasteiger partial charge >= 0.3 is 0 Å². The zero-order valence-corrected chi connectivity index (χ0v) is 11.6. The molecule has 100 valence electrons. The fourth-order valence-electron chi connectivity index (χ4n) is 2.19. The van der Waals surface area contributed by atoms with Crippen LogP contribution in [0.1, 0.15) is 29.7 Å². The van der Waals surface area contributed by atoms with Gasteiger partial charge in [0.2, 0.25) is 0 Å². The van der Waals surface area contributed by atoms with Crippen LogP contribution in [-0.4, -0.2) is 15.6 Å². The second-order valence-corrected chi connectivity index (χ2v) is 4.97. The van der Waals surface area contributed by atoms with Crippen LogP contribution < -0.4 is 0 Å². The molecule has 1 heterocycles. The molecule has 0 aliphatic heterocycles. The summed E-state index contributed by atoms with van der Waals surface area (Å²) in [4.78, 5) is 11.9. The fraction of sp³-hybridized carbons (Fsp3) is 0.375. The van der Waals surface area contributed by atoms with Gasteiger partial charge < -0.3 is 0 Å². The Labute approximate surface area is 114 Å². The Hall–Kier alpha value is -1.90. The largest absolute Gasteiger partial charge is 0.300 e. The summed E-state index contributed by atoms with van der Waals surface area (Å²) in [6.45, 7) is 2.08. The highest BCUT2D eigenvalue weighted by atomic mass is 16.1. The Morgan fingerprint density at radius 2 is 2.00 bits per heavy atom. The van der Waals surface area contributed by atoms with Gasteiger partial charge in [-0.2, -0.15) is 5.10 Å². The normalized spacial score (nSPS) is 10.6. The average molecular weight is 256 g/mol. The van der Waals surface area contributed by atoms with Gasteiger partial charge in [0.25, 0.3) is 0 Å². The van der Waals surface area contributed by atoms with E-state index in [1.165, 1.54) is 11.1 Å². The number of carbonyl (C=O) groups is 1. The second kappa shape index (κ2) is 6.32. The van der Waals surface area contributed by atoms with Crippen LogP contribution in [0.3, 0.4) is 0 Å². The van der Waals surface area contributed by atoms with Crippen molar-refractivity contribution in [3.05, 3.63) is 53.3 Å². The minimum absolute atomic E-state index is 0.322. The predicted octanol–water partition coefficient (Wildman–Crippen LogP) is 2.86. The Morgan fingerprint density at radius 3 is 2.68 bits per heavy atom. The zero-order valence-electron chi connectivity index (χ0n) is 11.6. The molecule has 0 atom stereocenters. The van der Waals surface area contributed by atoms with Crippen molar-refractivity contribution < 1.29 is 4.79 Å². The molecule has 2 aromatic rings. The van der Waals surface area contributed by atoms with Crippen molar-refractivity contribution in [2.75, 3.05) is 0 Å². The topological polar surface area (TPSA) is 34.9 Å². The number of carbonyl (C=O) groups excluding carboxylic acids is 1. The van der Waals surface area contributed by atoms with Crippen molar-refractivity contribution in [1.82, 2.24) is 9.78 Å². The van der Waals surface area contributed by atoms with Gasteiger partial charge in [-0.15, -0.1) is 0 Å². The van der Waals surface area contributed by atoms with E-state index in [0.717, 1.165) is 18.5 Å². The Kier molecular flexibility index (Phi) is 4.50. The average Bonchev–Trinajstić information content (AvgIpc) is 2.80. The number of ketones is 1. The lowest BCUT2D eigenvalue weighted by molar-refractivity contribution is -0.119. The number of nitrogens with zero attached hydrogens (tertiary/aromatic N) is 2. The van der Waals surface area contributed by atoms with Gasteiger partial charge in [-0.1, -0.05) is 29.8 Å². The monoisotopic (exact) mass is 256 g/mol. The fourth-order valence-corrected chi connectivity index (χ4v) is 2.19. The van der Waals surface area contributed by atoms with Gasteiger partial charge in [-0.05, 0) is 31.4 Å². The molecule has 0 fully saturated rings. The van der Waals surface area contributed by atoms with Crippen molar-refractivity contribution in [3.63, 3.8) is 0 Å². The maximum Gasteiger partial charge on any atom is 0.133 e. The molecule has 0 radical (unpaired) electrons. The van der Waals surface area contributed by atoms with Gasteiger partial charge in [0, 0.05) is 31.8 Å². The quantitative estimate of drug-likeness (QED) is 0.796. The van der Waals surface area contributed by atoms with Crippen LogP contribution >= 0.6 is 0 Å². The van der Waals surface area contributed by atoms with Crippen molar-refractivity contribution in [2.24, 2.45) is 7.05 Å². The molecule has 0 aliphatic rings. The van der Waals surface area contributed by atoms with Crippen LogP contribution in [0.15, 0.2) is 36.5 Å². The van der Waals surface area contributed by atoms with E-state index in [-0.39, 0.29) is 0 Å². The molecule has 0 N–H and O–H groups in total. The highest BCUT2D eigenvalue weighted by Gasteiger charge is 2.05. The molecule has 0 amide bonds. The van der Waals surface area contributed by atoms with Gasteiger partial charge in [0.05, 0.1) is 0 Å². The minimum Gasteiger partial charge on any atom is -0.300 e. The molecule has 0 aliphatic carbocycles. The Balaban J connectivity index is 1.77. The summed E-state index contributed by atoms with van der Waals surface area (Å²) < 4.78 is 1.83. The molecule has 2 rings (SSSR count). The maximum atomic E-state index is 11.9. The van der Waals surface area contributed by atoms with Gasteiger partial charge in [0.15, 0.2) is 0 Å². The van der Waals surface area contributed by atoms with Crippen LogP contribution in [0.2, 0.25) is 0 Å². The van der Waals surface area contributed by atoms with Gasteiger partial charge in [-0.25, -0.2) is 0 Å². The summed E-state index contributed by atoms with van der Waals surface area (Å²) in [6.07, 6.45) is 4.62. The van der Waals surface area contributed by atoms with Crippen LogP contribution in [0.4, 0.5) is 0 Å². The molecule has 19 heavy (non-hydrogen) atoms. The van der Waals surface area contributed by atoms with E-state index in [1.807, 2.05) is 23.9 Å². The van der Waals surface area contributed by atoms with Gasteiger partial charge in [0.1, 0.15) is 5.78 Å². The summed E-state index contributed by atoms with van der Waals surface area (Å²) in [7, 11) is 1.91. The third-order valence-corrected chi connectivity index (χ3v) is 3.36. The molecule has 1 aromatic heterocycles. The van der Waals surface area contributed by atoms with Gasteiger partial charge in [-0.3, -0.25) is 9.48 Å². The summed E-state index contributed by atoms with van der Waals surface area (Å²) in [6, 6.07) is 10.3. The second-order valence-electron chi connectivity index (χ2n) is 4.97. The summed E-state index contributed by atoms with van der Waals surface area (Å²) in [5.41, 5.74) is 3.61. The van der Waals surface area contributed by atoms with E-state index in [0.29, 0.717) is 18.6 Å². The van der Waals surface area contributed by atoms with E-state index < -0.39 is 0 Å². The number of rotatable bonds is 6. The zero-order chi connectivity index (χ0) is 13.7. The molecule has 1 aromatic carbocycles. The van der Waals surface area contributed by atoms with Crippen LogP contribution in [0.5, 0.6) is 0 Å². The lowest BCUT2D eigenvalue weighted by Gasteiger charge is -2.03. The first-order chi connectivity index (χ1) is 9.15. The summed E-state index contributed by atoms with van der Waals surface area (Å²) in [5, 5.41) is 4.10.